The zero-order valence-electron chi connectivity index (χ0n) is 8.84. The molecule has 84 valence electrons. The standard InChI is InChI=1S/C11H15F2NO/c1-3-9(15-2)11(14)7-5-4-6-8(12)10(7)13/h4-6,9,11H,3,14H2,1-2H3. The van der Waals surface area contributed by atoms with Crippen molar-refractivity contribution >= 4 is 0 Å². The Labute approximate surface area is 88.0 Å². The van der Waals surface area contributed by atoms with E-state index in [2.05, 4.69) is 0 Å². The smallest absolute Gasteiger partial charge is 0.163 e. The van der Waals surface area contributed by atoms with Crippen LogP contribution < -0.4 is 5.73 Å². The Balaban J connectivity index is 2.99. The lowest BCUT2D eigenvalue weighted by Gasteiger charge is -2.21. The lowest BCUT2D eigenvalue weighted by molar-refractivity contribution is 0.0760. The summed E-state index contributed by atoms with van der Waals surface area (Å²) in [5, 5.41) is 0. The lowest BCUT2D eigenvalue weighted by atomic mass is 10.00. The highest BCUT2D eigenvalue weighted by Crippen LogP contribution is 2.22. The maximum absolute atomic E-state index is 13.4. The second kappa shape index (κ2) is 5.19. The van der Waals surface area contributed by atoms with Crippen LogP contribution in [0.4, 0.5) is 8.78 Å². The normalized spacial score (nSPS) is 15.0. The summed E-state index contributed by atoms with van der Waals surface area (Å²) in [4.78, 5) is 0. The van der Waals surface area contributed by atoms with E-state index in [-0.39, 0.29) is 11.7 Å². The number of hydrogen-bond donors (Lipinski definition) is 1. The maximum Gasteiger partial charge on any atom is 0.163 e. The molecule has 0 saturated carbocycles. The summed E-state index contributed by atoms with van der Waals surface area (Å²) in [6.07, 6.45) is 0.342. The Bertz CT molecular complexity index is 326. The van der Waals surface area contributed by atoms with E-state index in [1.54, 1.807) is 0 Å². The number of nitrogens with two attached hydrogens (primary N) is 1. The van der Waals surface area contributed by atoms with Crippen LogP contribution in [0.3, 0.4) is 0 Å². The quantitative estimate of drug-likeness (QED) is 0.837. The Kier molecular flexibility index (Phi) is 4.17. The van der Waals surface area contributed by atoms with Crippen LogP contribution in [0, 0.1) is 11.6 Å². The number of rotatable bonds is 4. The summed E-state index contributed by atoms with van der Waals surface area (Å²) in [5.74, 6) is -1.77. The number of hydrogen-bond acceptors (Lipinski definition) is 2. The predicted octanol–water partition coefficient (Wildman–Crippen LogP) is 2.39. The lowest BCUT2D eigenvalue weighted by Crippen LogP contribution is -2.28. The van der Waals surface area contributed by atoms with Crippen LogP contribution in [0.2, 0.25) is 0 Å². The number of methoxy groups -OCH3 is 1. The first-order valence-corrected chi connectivity index (χ1v) is 4.84. The van der Waals surface area contributed by atoms with E-state index in [0.717, 1.165) is 6.07 Å². The van der Waals surface area contributed by atoms with Crippen molar-refractivity contribution in [1.82, 2.24) is 0 Å². The van der Waals surface area contributed by atoms with E-state index in [4.69, 9.17) is 10.5 Å². The van der Waals surface area contributed by atoms with Gasteiger partial charge in [0.1, 0.15) is 0 Å². The van der Waals surface area contributed by atoms with Gasteiger partial charge >= 0.3 is 0 Å². The van der Waals surface area contributed by atoms with Crippen molar-refractivity contribution in [3.05, 3.63) is 35.4 Å². The number of benzene rings is 1. The van der Waals surface area contributed by atoms with Crippen molar-refractivity contribution in [1.29, 1.82) is 0 Å². The highest BCUT2D eigenvalue weighted by molar-refractivity contribution is 5.23. The van der Waals surface area contributed by atoms with Gasteiger partial charge in [0.15, 0.2) is 11.6 Å². The second-order valence-corrected chi connectivity index (χ2v) is 3.35. The minimum absolute atomic E-state index is 0.156. The highest BCUT2D eigenvalue weighted by atomic mass is 19.2. The fraction of sp³-hybridized carbons (Fsp3) is 0.455. The van der Waals surface area contributed by atoms with Crippen LogP contribution in [0.5, 0.6) is 0 Å². The fourth-order valence-corrected chi connectivity index (χ4v) is 1.55. The van der Waals surface area contributed by atoms with Crippen LogP contribution in [-0.4, -0.2) is 13.2 Å². The average Bonchev–Trinajstić information content (AvgIpc) is 2.23. The largest absolute Gasteiger partial charge is 0.379 e. The number of ether oxygens (including phenoxy) is 1. The van der Waals surface area contributed by atoms with Crippen molar-refractivity contribution in [3.8, 4) is 0 Å². The van der Waals surface area contributed by atoms with Crippen LogP contribution >= 0.6 is 0 Å². The SMILES string of the molecule is CCC(OC)C(N)c1cccc(F)c1F. The van der Waals surface area contributed by atoms with Gasteiger partial charge in [0.25, 0.3) is 0 Å². The maximum atomic E-state index is 13.4. The zero-order valence-corrected chi connectivity index (χ0v) is 8.84. The first-order chi connectivity index (χ1) is 7.11. The third-order valence-corrected chi connectivity index (χ3v) is 2.45. The van der Waals surface area contributed by atoms with Crippen LogP contribution in [0.25, 0.3) is 0 Å². The molecule has 0 aliphatic carbocycles. The summed E-state index contributed by atoms with van der Waals surface area (Å²) < 4.78 is 31.4. The molecule has 4 heteroatoms. The molecule has 2 N–H and O–H groups in total. The molecule has 0 heterocycles. The molecular weight excluding hydrogens is 200 g/mol. The van der Waals surface area contributed by atoms with Gasteiger partial charge in [-0.3, -0.25) is 0 Å². The topological polar surface area (TPSA) is 35.2 Å². The Morgan fingerprint density at radius 1 is 1.40 bits per heavy atom. The molecule has 2 nitrogen and oxygen atoms in total. The van der Waals surface area contributed by atoms with Crippen LogP contribution in [0.15, 0.2) is 18.2 Å². The minimum atomic E-state index is -0.888. The van der Waals surface area contributed by atoms with Gasteiger partial charge in [0.2, 0.25) is 0 Å². The molecule has 0 aliphatic heterocycles. The molecule has 0 fully saturated rings. The van der Waals surface area contributed by atoms with Gasteiger partial charge in [-0.05, 0) is 12.5 Å². The molecule has 0 aliphatic rings. The van der Waals surface area contributed by atoms with Gasteiger partial charge in [0.05, 0.1) is 12.1 Å². The molecule has 0 spiro atoms. The van der Waals surface area contributed by atoms with Gasteiger partial charge in [-0.25, -0.2) is 8.78 Å². The summed E-state index contributed by atoms with van der Waals surface area (Å²) in [5.41, 5.74) is 5.95. The molecule has 0 aromatic heterocycles. The van der Waals surface area contributed by atoms with Crippen molar-refractivity contribution in [2.24, 2.45) is 5.73 Å². The Morgan fingerprint density at radius 2 is 2.07 bits per heavy atom. The Hall–Kier alpha value is -1.00. The summed E-state index contributed by atoms with van der Waals surface area (Å²) in [6, 6.07) is 3.34. The van der Waals surface area contributed by atoms with Gasteiger partial charge in [-0.1, -0.05) is 19.1 Å². The van der Waals surface area contributed by atoms with Crippen molar-refractivity contribution < 1.29 is 13.5 Å². The molecule has 0 saturated heterocycles. The van der Waals surface area contributed by atoms with E-state index < -0.39 is 17.7 Å². The third-order valence-electron chi connectivity index (χ3n) is 2.45. The second-order valence-electron chi connectivity index (χ2n) is 3.35. The molecule has 1 aromatic rings. The molecule has 2 atom stereocenters. The van der Waals surface area contributed by atoms with Crippen LogP contribution in [0.1, 0.15) is 24.9 Å². The van der Waals surface area contributed by atoms with E-state index >= 15 is 0 Å². The van der Waals surface area contributed by atoms with Crippen molar-refractivity contribution in [2.75, 3.05) is 7.11 Å². The first-order valence-electron chi connectivity index (χ1n) is 4.84. The van der Waals surface area contributed by atoms with E-state index in [9.17, 15) is 8.78 Å². The third kappa shape index (κ3) is 2.52. The van der Waals surface area contributed by atoms with E-state index in [0.29, 0.717) is 6.42 Å². The average molecular weight is 215 g/mol. The van der Waals surface area contributed by atoms with Crippen molar-refractivity contribution in [2.45, 2.75) is 25.5 Å². The summed E-state index contributed by atoms with van der Waals surface area (Å²) >= 11 is 0. The molecule has 0 radical (unpaired) electrons. The number of halogens is 2. The molecule has 2 unspecified atom stereocenters. The van der Waals surface area contributed by atoms with Crippen molar-refractivity contribution in [3.63, 3.8) is 0 Å². The molecule has 0 bridgehead atoms. The molecule has 1 aromatic carbocycles. The van der Waals surface area contributed by atoms with Gasteiger partial charge in [-0.2, -0.15) is 0 Å². The Morgan fingerprint density at radius 3 is 2.60 bits per heavy atom. The first kappa shape index (κ1) is 12.1. The van der Waals surface area contributed by atoms with Gasteiger partial charge in [0, 0.05) is 12.7 Å². The predicted molar refractivity (Wildman–Crippen MR) is 54.4 cm³/mol. The molecule has 1 rings (SSSR count). The zero-order chi connectivity index (χ0) is 11.4. The molecular formula is C11H15F2NO. The van der Waals surface area contributed by atoms with Gasteiger partial charge in [-0.15, -0.1) is 0 Å². The highest BCUT2D eigenvalue weighted by Gasteiger charge is 2.21. The van der Waals surface area contributed by atoms with Crippen LogP contribution in [-0.2, 0) is 4.74 Å². The monoisotopic (exact) mass is 215 g/mol. The minimum Gasteiger partial charge on any atom is -0.379 e. The summed E-state index contributed by atoms with van der Waals surface area (Å²) in [7, 11) is 1.51. The van der Waals surface area contributed by atoms with E-state index in [1.165, 1.54) is 19.2 Å². The summed E-state index contributed by atoms with van der Waals surface area (Å²) in [6.45, 7) is 1.88. The van der Waals surface area contributed by atoms with E-state index in [1.807, 2.05) is 6.92 Å². The molecule has 15 heavy (non-hydrogen) atoms. The van der Waals surface area contributed by atoms with Gasteiger partial charge < -0.3 is 10.5 Å². The molecule has 0 amide bonds. The fourth-order valence-electron chi connectivity index (χ4n) is 1.55.